The quantitative estimate of drug-likeness (QED) is 0.112. The third kappa shape index (κ3) is 7.67. The van der Waals surface area contributed by atoms with Crippen LogP contribution in [0.25, 0.3) is 10.9 Å². The second-order valence-electron chi connectivity index (χ2n) is 10.9. The number of benzene rings is 3. The number of halogens is 2. The smallest absolute Gasteiger partial charge is 0.268 e. The van der Waals surface area contributed by atoms with E-state index >= 15 is 4.39 Å². The molecule has 0 aliphatic carbocycles. The highest BCUT2D eigenvalue weighted by molar-refractivity contribution is 7.93. The maximum absolute atomic E-state index is 15.7. The molecule has 0 saturated carbocycles. The molecule has 0 saturated heterocycles. The number of sulfonamides is 1. The Bertz CT molecular complexity index is 2090. The molecule has 0 radical (unpaired) electrons. The Balaban J connectivity index is 1.36. The van der Waals surface area contributed by atoms with E-state index in [4.69, 9.17) is 14.2 Å². The molecule has 1 unspecified atom stereocenters. The molecular formula is C34H35F2N5O6S2. The lowest BCUT2D eigenvalue weighted by atomic mass is 10.1. The van der Waals surface area contributed by atoms with Crippen molar-refractivity contribution in [3.8, 4) is 17.2 Å². The van der Waals surface area contributed by atoms with E-state index in [1.165, 1.54) is 13.4 Å². The van der Waals surface area contributed by atoms with Crippen molar-refractivity contribution < 1.29 is 36.2 Å². The van der Waals surface area contributed by atoms with Crippen LogP contribution in [0.15, 0.2) is 60.9 Å². The largest absolute Gasteiger partial charge is 0.497 e. The second kappa shape index (κ2) is 15.0. The summed E-state index contributed by atoms with van der Waals surface area (Å²) in [5.74, 6) is -0.851. The van der Waals surface area contributed by atoms with Crippen LogP contribution in [0.1, 0.15) is 39.0 Å². The number of nitrogens with one attached hydrogen (secondary N) is 3. The Labute approximate surface area is 286 Å². The SMILES string of the molecule is CCC(Cc1ccc(OC)cc1)S(=O)(=O)Nc1ccc(F)c(NC(=O)c2sc(C)c3c(NCc4ccc(OC)cc4OC)ncnc23)c1F. The normalized spacial score (nSPS) is 12.0. The molecular weight excluding hydrogens is 677 g/mol. The topological polar surface area (TPSA) is 141 Å². The number of aryl methyl sites for hydroxylation is 1. The van der Waals surface area contributed by atoms with Gasteiger partial charge in [-0.2, -0.15) is 0 Å². The summed E-state index contributed by atoms with van der Waals surface area (Å²) in [7, 11) is 0.516. The van der Waals surface area contributed by atoms with Crippen LogP contribution < -0.4 is 29.6 Å². The van der Waals surface area contributed by atoms with Crippen LogP contribution in [0, 0.1) is 18.6 Å². The number of anilines is 3. The predicted molar refractivity (Wildman–Crippen MR) is 187 cm³/mol. The maximum Gasteiger partial charge on any atom is 0.268 e. The third-order valence-electron chi connectivity index (χ3n) is 7.91. The minimum absolute atomic E-state index is 0.0929. The molecule has 2 heterocycles. The minimum atomic E-state index is -4.13. The van der Waals surface area contributed by atoms with E-state index in [-0.39, 0.29) is 23.2 Å². The molecule has 0 spiro atoms. The summed E-state index contributed by atoms with van der Waals surface area (Å²) in [6.45, 7) is 3.81. The van der Waals surface area contributed by atoms with Crippen molar-refractivity contribution in [2.45, 2.75) is 38.5 Å². The van der Waals surface area contributed by atoms with Crippen LogP contribution in [0.2, 0.25) is 0 Å². The highest BCUT2D eigenvalue weighted by atomic mass is 32.2. The molecule has 3 aromatic carbocycles. The molecule has 15 heteroatoms. The average Bonchev–Trinajstić information content (AvgIpc) is 3.46. The van der Waals surface area contributed by atoms with Gasteiger partial charge in [0, 0.05) is 23.1 Å². The van der Waals surface area contributed by atoms with Gasteiger partial charge in [-0.05, 0) is 61.7 Å². The molecule has 49 heavy (non-hydrogen) atoms. The number of carbonyl (C=O) groups is 1. The van der Waals surface area contributed by atoms with Crippen molar-refractivity contribution in [1.29, 1.82) is 0 Å². The Hall–Kier alpha value is -5.02. The summed E-state index contributed by atoms with van der Waals surface area (Å²) >= 11 is 1.08. The van der Waals surface area contributed by atoms with Gasteiger partial charge >= 0.3 is 0 Å². The first-order chi connectivity index (χ1) is 23.5. The Morgan fingerprint density at radius 3 is 2.35 bits per heavy atom. The van der Waals surface area contributed by atoms with Crippen molar-refractivity contribution in [2.24, 2.45) is 0 Å². The van der Waals surface area contributed by atoms with E-state index in [0.717, 1.165) is 34.6 Å². The maximum atomic E-state index is 15.7. The van der Waals surface area contributed by atoms with Crippen molar-refractivity contribution in [3.63, 3.8) is 0 Å². The summed E-state index contributed by atoms with van der Waals surface area (Å²) < 4.78 is 75.5. The molecule has 11 nitrogen and oxygen atoms in total. The van der Waals surface area contributed by atoms with Crippen molar-refractivity contribution in [1.82, 2.24) is 9.97 Å². The molecule has 1 atom stereocenters. The average molecular weight is 712 g/mol. The van der Waals surface area contributed by atoms with Crippen molar-refractivity contribution >= 4 is 55.4 Å². The summed E-state index contributed by atoms with van der Waals surface area (Å²) in [6.07, 6.45) is 1.66. The lowest BCUT2D eigenvalue weighted by molar-refractivity contribution is 0.103. The van der Waals surface area contributed by atoms with Crippen LogP contribution in [-0.2, 0) is 23.0 Å². The fourth-order valence-electron chi connectivity index (χ4n) is 5.26. The van der Waals surface area contributed by atoms with Crippen LogP contribution >= 0.6 is 11.3 Å². The number of thiophene rings is 1. The third-order valence-corrected chi connectivity index (χ3v) is 10.9. The second-order valence-corrected chi connectivity index (χ2v) is 14.1. The number of carbonyl (C=O) groups excluding carboxylic acids is 1. The van der Waals surface area contributed by atoms with Gasteiger partial charge in [-0.15, -0.1) is 11.3 Å². The van der Waals surface area contributed by atoms with Crippen LogP contribution in [-0.4, -0.2) is 50.9 Å². The lowest BCUT2D eigenvalue weighted by Crippen LogP contribution is -2.30. The number of amides is 1. The van der Waals surface area contributed by atoms with E-state index in [1.54, 1.807) is 64.5 Å². The monoisotopic (exact) mass is 711 g/mol. The van der Waals surface area contributed by atoms with Gasteiger partial charge in [0.2, 0.25) is 10.0 Å². The first-order valence-corrected chi connectivity index (χ1v) is 17.5. The fourth-order valence-corrected chi connectivity index (χ4v) is 7.74. The number of aromatic nitrogens is 2. The van der Waals surface area contributed by atoms with Gasteiger partial charge in [0.25, 0.3) is 5.91 Å². The van der Waals surface area contributed by atoms with E-state index in [1.807, 2.05) is 6.07 Å². The molecule has 0 aliphatic rings. The van der Waals surface area contributed by atoms with Gasteiger partial charge in [-0.1, -0.05) is 19.1 Å². The van der Waals surface area contributed by atoms with Crippen LogP contribution in [0.5, 0.6) is 17.2 Å². The van der Waals surface area contributed by atoms with E-state index < -0.39 is 44.2 Å². The van der Waals surface area contributed by atoms with Gasteiger partial charge < -0.3 is 24.8 Å². The molecule has 0 fully saturated rings. The van der Waals surface area contributed by atoms with Gasteiger partial charge in [0.15, 0.2) is 5.82 Å². The number of hydrogen-bond acceptors (Lipinski definition) is 10. The van der Waals surface area contributed by atoms with Crippen LogP contribution in [0.3, 0.4) is 0 Å². The molecule has 0 aliphatic heterocycles. The number of fused-ring (bicyclic) bond motifs is 1. The number of ether oxygens (including phenoxy) is 3. The Morgan fingerprint density at radius 2 is 1.67 bits per heavy atom. The molecule has 1 amide bonds. The zero-order valence-corrected chi connectivity index (χ0v) is 29.0. The van der Waals surface area contributed by atoms with Gasteiger partial charge in [-0.25, -0.2) is 27.2 Å². The van der Waals surface area contributed by atoms with E-state index in [0.29, 0.717) is 39.9 Å². The number of methoxy groups -OCH3 is 3. The number of rotatable bonds is 14. The summed E-state index contributed by atoms with van der Waals surface area (Å²) in [5.41, 5.74) is 0.549. The summed E-state index contributed by atoms with van der Waals surface area (Å²) in [5, 5.41) is 5.19. The molecule has 258 valence electrons. The van der Waals surface area contributed by atoms with E-state index in [2.05, 4.69) is 25.3 Å². The Morgan fingerprint density at radius 1 is 0.959 bits per heavy atom. The molecule has 2 aromatic heterocycles. The summed E-state index contributed by atoms with van der Waals surface area (Å²) in [6, 6.07) is 14.2. The highest BCUT2D eigenvalue weighted by Crippen LogP contribution is 2.36. The molecule has 5 aromatic rings. The standard InChI is InChI=1S/C34H35F2N5O6S2/c1-6-24(15-20-7-10-22(45-3)11-8-20)49(43,44)41-26-14-13-25(35)30(29(26)36)40-34(42)32-31-28(19(2)48-32)33(39-18-38-31)37-17-21-9-12-23(46-4)16-27(21)47-5/h7-14,16,18,24,41H,6,15,17H2,1-5H3,(H,40,42)(H,37,38,39). The molecule has 5 rings (SSSR count). The first-order valence-electron chi connectivity index (χ1n) is 15.1. The highest BCUT2D eigenvalue weighted by Gasteiger charge is 2.28. The Kier molecular flexibility index (Phi) is 10.8. The first kappa shape index (κ1) is 35.3. The van der Waals surface area contributed by atoms with Gasteiger partial charge in [0.1, 0.15) is 45.8 Å². The van der Waals surface area contributed by atoms with Crippen molar-refractivity contribution in [2.75, 3.05) is 36.7 Å². The minimum Gasteiger partial charge on any atom is -0.497 e. The van der Waals surface area contributed by atoms with Crippen molar-refractivity contribution in [3.05, 3.63) is 93.4 Å². The van der Waals surface area contributed by atoms with Crippen LogP contribution in [0.4, 0.5) is 26.0 Å². The zero-order valence-electron chi connectivity index (χ0n) is 27.4. The van der Waals surface area contributed by atoms with E-state index in [9.17, 15) is 17.6 Å². The summed E-state index contributed by atoms with van der Waals surface area (Å²) in [4.78, 5) is 22.9. The molecule has 0 bridgehead atoms. The lowest BCUT2D eigenvalue weighted by Gasteiger charge is -2.19. The predicted octanol–water partition coefficient (Wildman–Crippen LogP) is 6.93. The van der Waals surface area contributed by atoms with Gasteiger partial charge in [0.05, 0.1) is 43.2 Å². The number of nitrogens with zero attached hydrogens (tertiary/aromatic N) is 2. The fraction of sp³-hybridized carbons (Fsp3) is 0.265. The number of hydrogen-bond donors (Lipinski definition) is 3. The molecule has 3 N–H and O–H groups in total. The zero-order chi connectivity index (χ0) is 35.3. The van der Waals surface area contributed by atoms with Gasteiger partial charge in [-0.3, -0.25) is 9.52 Å².